The van der Waals surface area contributed by atoms with Crippen molar-refractivity contribution >= 4 is 11.9 Å². The minimum atomic E-state index is -0.590. The molecule has 0 bridgehead atoms. The summed E-state index contributed by atoms with van der Waals surface area (Å²) in [6, 6.07) is 17.2. The zero-order valence-corrected chi connectivity index (χ0v) is 14.9. The molecule has 2 N–H and O–H groups in total. The molecule has 6 heteroatoms. The third-order valence-electron chi connectivity index (χ3n) is 3.67. The number of carbonyl (C=O) groups is 2. The van der Waals surface area contributed by atoms with Gasteiger partial charge in [-0.05, 0) is 50.2 Å². The maximum Gasteiger partial charge on any atom is 0.362 e. The second kappa shape index (κ2) is 8.73. The Bertz CT molecular complexity index is 838. The molecule has 1 heterocycles. The number of rotatable bonds is 4. The third kappa shape index (κ3) is 5.23. The summed E-state index contributed by atoms with van der Waals surface area (Å²) in [5, 5.41) is 0. The minimum Gasteiger partial charge on any atom is -0.423 e. The fourth-order valence-electron chi connectivity index (χ4n) is 2.17. The van der Waals surface area contributed by atoms with Crippen LogP contribution >= 0.6 is 0 Å². The Morgan fingerprint density at radius 1 is 0.704 bits per heavy atom. The van der Waals surface area contributed by atoms with E-state index in [0.717, 1.165) is 11.1 Å². The van der Waals surface area contributed by atoms with Gasteiger partial charge in [-0.15, -0.1) is 0 Å². The van der Waals surface area contributed by atoms with Crippen molar-refractivity contribution in [1.29, 1.82) is 0 Å². The first kappa shape index (κ1) is 19.8. The molecule has 0 amide bonds. The molecule has 6 nitrogen and oxygen atoms in total. The van der Waals surface area contributed by atoms with Crippen LogP contribution in [0, 0.1) is 13.8 Å². The standard InChI is InChI=1S/C21H17NO4.H2O/c1-14-3-8-17(9-4-14)25-20(23)16-7-12-19(22-13-16)21(24)26-18-10-5-15(2)6-11-18;/h3-13H,1-2H3;1H2. The van der Waals surface area contributed by atoms with Gasteiger partial charge in [-0.3, -0.25) is 0 Å². The van der Waals surface area contributed by atoms with Crippen LogP contribution in [0.2, 0.25) is 0 Å². The number of carbonyl (C=O) groups excluding carboxylic acids is 2. The molecule has 0 spiro atoms. The van der Waals surface area contributed by atoms with E-state index in [1.165, 1.54) is 18.3 Å². The fourth-order valence-corrected chi connectivity index (χ4v) is 2.17. The van der Waals surface area contributed by atoms with Gasteiger partial charge < -0.3 is 14.9 Å². The van der Waals surface area contributed by atoms with Crippen LogP contribution in [0.15, 0.2) is 66.9 Å². The van der Waals surface area contributed by atoms with Crippen LogP contribution in [0.3, 0.4) is 0 Å². The van der Waals surface area contributed by atoms with Gasteiger partial charge in [-0.25, -0.2) is 14.6 Å². The van der Waals surface area contributed by atoms with E-state index < -0.39 is 11.9 Å². The molecule has 0 radical (unpaired) electrons. The van der Waals surface area contributed by atoms with Crippen molar-refractivity contribution in [3.63, 3.8) is 0 Å². The summed E-state index contributed by atoms with van der Waals surface area (Å²) in [5.74, 6) is -0.249. The molecule has 0 aliphatic heterocycles. The number of esters is 2. The lowest BCUT2D eigenvalue weighted by molar-refractivity contribution is 0.0715. The van der Waals surface area contributed by atoms with Gasteiger partial charge in [0, 0.05) is 6.20 Å². The predicted octanol–water partition coefficient (Wildman–Crippen LogP) is 3.31. The van der Waals surface area contributed by atoms with Gasteiger partial charge in [0.1, 0.15) is 17.2 Å². The van der Waals surface area contributed by atoms with Gasteiger partial charge in [-0.1, -0.05) is 35.4 Å². The summed E-state index contributed by atoms with van der Waals surface area (Å²) in [7, 11) is 0. The summed E-state index contributed by atoms with van der Waals surface area (Å²) in [4.78, 5) is 28.2. The molecule has 0 saturated heterocycles. The Morgan fingerprint density at radius 2 is 1.19 bits per heavy atom. The molecule has 0 aliphatic rings. The van der Waals surface area contributed by atoms with Crippen LogP contribution in [-0.4, -0.2) is 22.4 Å². The van der Waals surface area contributed by atoms with Crippen molar-refractivity contribution in [2.24, 2.45) is 0 Å². The lowest BCUT2D eigenvalue weighted by Gasteiger charge is -2.06. The number of ether oxygens (including phenoxy) is 2. The molecule has 0 atom stereocenters. The Hall–Kier alpha value is -3.51. The van der Waals surface area contributed by atoms with Gasteiger partial charge >= 0.3 is 11.9 Å². The molecule has 0 aliphatic carbocycles. The van der Waals surface area contributed by atoms with Crippen LogP contribution in [0.1, 0.15) is 32.0 Å². The van der Waals surface area contributed by atoms with Crippen molar-refractivity contribution in [1.82, 2.24) is 4.98 Å². The van der Waals surface area contributed by atoms with E-state index in [0.29, 0.717) is 11.5 Å². The Labute approximate surface area is 156 Å². The normalized spacial score (nSPS) is 9.85. The quantitative estimate of drug-likeness (QED) is 0.522. The number of aryl methyl sites for hydroxylation is 2. The van der Waals surface area contributed by atoms with Crippen LogP contribution in [0.25, 0.3) is 0 Å². The number of pyridine rings is 1. The highest BCUT2D eigenvalue weighted by atomic mass is 16.5. The van der Waals surface area contributed by atoms with E-state index in [2.05, 4.69) is 4.98 Å². The highest BCUT2D eigenvalue weighted by Gasteiger charge is 2.14. The number of hydrogen-bond donors (Lipinski definition) is 0. The smallest absolute Gasteiger partial charge is 0.362 e. The summed E-state index contributed by atoms with van der Waals surface area (Å²) in [6.45, 7) is 3.89. The van der Waals surface area contributed by atoms with Gasteiger partial charge in [0.2, 0.25) is 0 Å². The molecular weight excluding hydrogens is 346 g/mol. The summed E-state index contributed by atoms with van der Waals surface area (Å²) in [5.41, 5.74) is 2.50. The molecule has 3 rings (SSSR count). The number of aromatic nitrogens is 1. The average Bonchev–Trinajstić information content (AvgIpc) is 2.65. The van der Waals surface area contributed by atoms with E-state index in [-0.39, 0.29) is 16.7 Å². The first-order valence-corrected chi connectivity index (χ1v) is 8.05. The zero-order valence-electron chi connectivity index (χ0n) is 14.9. The molecule has 27 heavy (non-hydrogen) atoms. The van der Waals surface area contributed by atoms with Crippen molar-refractivity contribution in [3.05, 3.63) is 89.2 Å². The average molecular weight is 365 g/mol. The predicted molar refractivity (Wildman–Crippen MR) is 100 cm³/mol. The van der Waals surface area contributed by atoms with Crippen LogP contribution in [-0.2, 0) is 0 Å². The molecule has 138 valence electrons. The topological polar surface area (TPSA) is 97.0 Å². The highest BCUT2D eigenvalue weighted by Crippen LogP contribution is 2.15. The number of benzene rings is 2. The highest BCUT2D eigenvalue weighted by molar-refractivity contribution is 5.93. The molecule has 1 aromatic heterocycles. The SMILES string of the molecule is Cc1ccc(OC(=O)c2ccc(C(=O)Oc3ccc(C)cc3)nc2)cc1.O. The summed E-state index contributed by atoms with van der Waals surface area (Å²) < 4.78 is 10.5. The monoisotopic (exact) mass is 365 g/mol. The van der Waals surface area contributed by atoms with E-state index in [9.17, 15) is 9.59 Å². The van der Waals surface area contributed by atoms with Gasteiger partial charge in [0.25, 0.3) is 0 Å². The summed E-state index contributed by atoms with van der Waals surface area (Å²) in [6.07, 6.45) is 1.29. The molecule has 2 aromatic carbocycles. The molecule has 3 aromatic rings. The van der Waals surface area contributed by atoms with Crippen LogP contribution in [0.4, 0.5) is 0 Å². The van der Waals surface area contributed by atoms with E-state index in [4.69, 9.17) is 9.47 Å². The van der Waals surface area contributed by atoms with E-state index in [1.54, 1.807) is 24.3 Å². The van der Waals surface area contributed by atoms with Crippen LogP contribution in [0.5, 0.6) is 11.5 Å². The van der Waals surface area contributed by atoms with Crippen molar-refractivity contribution in [3.8, 4) is 11.5 Å². The Kier molecular flexibility index (Phi) is 6.41. The Balaban J connectivity index is 0.00000261. The minimum absolute atomic E-state index is 0. The first-order valence-electron chi connectivity index (χ1n) is 8.05. The zero-order chi connectivity index (χ0) is 18.5. The van der Waals surface area contributed by atoms with E-state index >= 15 is 0 Å². The second-order valence-corrected chi connectivity index (χ2v) is 5.84. The molecule has 0 saturated carbocycles. The van der Waals surface area contributed by atoms with Crippen molar-refractivity contribution in [2.45, 2.75) is 13.8 Å². The first-order chi connectivity index (χ1) is 12.5. The summed E-state index contributed by atoms with van der Waals surface area (Å²) >= 11 is 0. The fraction of sp³-hybridized carbons (Fsp3) is 0.0952. The lowest BCUT2D eigenvalue weighted by atomic mass is 10.2. The lowest BCUT2D eigenvalue weighted by Crippen LogP contribution is -2.13. The maximum absolute atomic E-state index is 12.1. The van der Waals surface area contributed by atoms with Crippen LogP contribution < -0.4 is 9.47 Å². The van der Waals surface area contributed by atoms with Gasteiger partial charge in [0.05, 0.1) is 5.56 Å². The van der Waals surface area contributed by atoms with Crippen molar-refractivity contribution < 1.29 is 24.5 Å². The second-order valence-electron chi connectivity index (χ2n) is 5.84. The maximum atomic E-state index is 12.1. The van der Waals surface area contributed by atoms with Gasteiger partial charge in [0.15, 0.2) is 0 Å². The van der Waals surface area contributed by atoms with Crippen molar-refractivity contribution in [2.75, 3.05) is 0 Å². The molecule has 0 fully saturated rings. The largest absolute Gasteiger partial charge is 0.423 e. The van der Waals surface area contributed by atoms with E-state index in [1.807, 2.05) is 38.1 Å². The van der Waals surface area contributed by atoms with Gasteiger partial charge in [-0.2, -0.15) is 0 Å². The molecular formula is C21H19NO5. The Morgan fingerprint density at radius 3 is 1.63 bits per heavy atom. The molecule has 0 unspecified atom stereocenters. The number of nitrogens with zero attached hydrogens (tertiary/aromatic N) is 1. The number of hydrogen-bond acceptors (Lipinski definition) is 5. The third-order valence-corrected chi connectivity index (χ3v) is 3.67.